The normalized spacial score (nSPS) is 15.0. The molecule has 0 spiro atoms. The number of amides is 2. The summed E-state index contributed by atoms with van der Waals surface area (Å²) in [6, 6.07) is 8.77. The van der Waals surface area contributed by atoms with Crippen LogP contribution in [-0.2, 0) is 11.2 Å². The minimum absolute atomic E-state index is 0.0390. The van der Waals surface area contributed by atoms with Gasteiger partial charge in [0.1, 0.15) is 0 Å². The number of benzene rings is 1. The molecule has 5 heteroatoms. The fourth-order valence-electron chi connectivity index (χ4n) is 2.63. The van der Waals surface area contributed by atoms with Crippen molar-refractivity contribution in [1.82, 2.24) is 10.2 Å². The molecule has 0 radical (unpaired) electrons. The van der Waals surface area contributed by atoms with Crippen LogP contribution in [-0.4, -0.2) is 57.4 Å². The Bertz CT molecular complexity index is 453. The number of hydrogen-bond acceptors (Lipinski definition) is 3. The summed E-state index contributed by atoms with van der Waals surface area (Å²) >= 11 is 0. The molecule has 1 aliphatic rings. The lowest BCUT2D eigenvalue weighted by Crippen LogP contribution is -2.52. The first-order valence-corrected chi connectivity index (χ1v) is 8.10. The first-order chi connectivity index (χ1) is 10.7. The molecule has 0 saturated carbocycles. The van der Waals surface area contributed by atoms with Gasteiger partial charge in [-0.2, -0.15) is 0 Å². The highest BCUT2D eigenvalue weighted by Crippen LogP contribution is 2.17. The molecule has 5 nitrogen and oxygen atoms in total. The Kier molecular flexibility index (Phi) is 6.52. The number of rotatable bonds is 6. The van der Waals surface area contributed by atoms with Gasteiger partial charge in [0.25, 0.3) is 0 Å². The quantitative estimate of drug-likeness (QED) is 0.819. The van der Waals surface area contributed by atoms with Crippen molar-refractivity contribution in [3.05, 3.63) is 29.8 Å². The molecule has 22 heavy (non-hydrogen) atoms. The predicted octanol–water partition coefficient (Wildman–Crippen LogP) is 2.12. The van der Waals surface area contributed by atoms with Crippen LogP contribution in [0, 0.1) is 0 Å². The minimum atomic E-state index is 0.0390. The Morgan fingerprint density at radius 1 is 1.18 bits per heavy atom. The third-order valence-corrected chi connectivity index (χ3v) is 4.08. The molecule has 0 atom stereocenters. The Morgan fingerprint density at radius 2 is 1.86 bits per heavy atom. The molecule has 0 unspecified atom stereocenters. The van der Waals surface area contributed by atoms with E-state index < -0.39 is 0 Å². The molecule has 0 bridgehead atoms. The Balaban J connectivity index is 1.75. The van der Waals surface area contributed by atoms with E-state index in [-0.39, 0.29) is 6.03 Å². The van der Waals surface area contributed by atoms with Crippen molar-refractivity contribution in [3.8, 4) is 0 Å². The van der Waals surface area contributed by atoms with E-state index in [9.17, 15) is 4.79 Å². The fraction of sp³-hybridized carbons (Fsp3) is 0.588. The van der Waals surface area contributed by atoms with Crippen molar-refractivity contribution in [3.63, 3.8) is 0 Å². The van der Waals surface area contributed by atoms with Gasteiger partial charge in [0.05, 0.1) is 0 Å². The van der Waals surface area contributed by atoms with E-state index in [0.717, 1.165) is 39.0 Å². The second-order valence-corrected chi connectivity index (χ2v) is 5.57. The van der Waals surface area contributed by atoms with Crippen LogP contribution < -0.4 is 10.2 Å². The Morgan fingerprint density at radius 3 is 2.45 bits per heavy atom. The third-order valence-electron chi connectivity index (χ3n) is 4.08. The van der Waals surface area contributed by atoms with E-state index in [2.05, 4.69) is 41.4 Å². The highest BCUT2D eigenvalue weighted by molar-refractivity contribution is 5.74. The van der Waals surface area contributed by atoms with Crippen molar-refractivity contribution in [2.75, 3.05) is 51.3 Å². The number of aryl methyl sites for hydroxylation is 1. The summed E-state index contributed by atoms with van der Waals surface area (Å²) in [6.45, 7) is 6.83. The first-order valence-electron chi connectivity index (χ1n) is 8.10. The molecular formula is C17H27N3O2. The summed E-state index contributed by atoms with van der Waals surface area (Å²) in [5.74, 6) is 0. The Labute approximate surface area is 133 Å². The SMILES string of the molecule is CCc1ccc(N2CCN(C(=O)NCCCOC)CC2)cc1. The molecule has 1 heterocycles. The summed E-state index contributed by atoms with van der Waals surface area (Å²) in [7, 11) is 1.67. The van der Waals surface area contributed by atoms with Crippen LogP contribution in [0.3, 0.4) is 0 Å². The molecule has 1 fully saturated rings. The number of piperazine rings is 1. The number of hydrogen-bond donors (Lipinski definition) is 1. The van der Waals surface area contributed by atoms with Crippen LogP contribution in [0.1, 0.15) is 18.9 Å². The zero-order valence-corrected chi connectivity index (χ0v) is 13.7. The molecule has 1 N–H and O–H groups in total. The summed E-state index contributed by atoms with van der Waals surface area (Å²) in [5.41, 5.74) is 2.61. The maximum Gasteiger partial charge on any atom is 0.317 e. The topological polar surface area (TPSA) is 44.8 Å². The van der Waals surface area contributed by atoms with E-state index in [4.69, 9.17) is 4.74 Å². The summed E-state index contributed by atoms with van der Waals surface area (Å²) in [4.78, 5) is 16.3. The second kappa shape index (κ2) is 8.63. The first kappa shape index (κ1) is 16.6. The standard InChI is InChI=1S/C17H27N3O2/c1-3-15-5-7-16(8-6-15)19-10-12-20(13-11-19)17(21)18-9-4-14-22-2/h5-8H,3-4,9-14H2,1-2H3,(H,18,21). The van der Waals surface area contributed by atoms with Gasteiger partial charge in [-0.25, -0.2) is 4.79 Å². The number of carbonyl (C=O) groups excluding carboxylic acids is 1. The van der Waals surface area contributed by atoms with Gasteiger partial charge in [0.15, 0.2) is 0 Å². The smallest absolute Gasteiger partial charge is 0.317 e. The zero-order chi connectivity index (χ0) is 15.8. The van der Waals surface area contributed by atoms with E-state index in [1.807, 2.05) is 4.90 Å². The van der Waals surface area contributed by atoms with Crippen molar-refractivity contribution in [2.45, 2.75) is 19.8 Å². The minimum Gasteiger partial charge on any atom is -0.385 e. The summed E-state index contributed by atoms with van der Waals surface area (Å²) in [6.07, 6.45) is 1.92. The van der Waals surface area contributed by atoms with Crippen LogP contribution in [0.25, 0.3) is 0 Å². The molecule has 2 rings (SSSR count). The molecule has 0 aliphatic carbocycles. The van der Waals surface area contributed by atoms with Crippen molar-refractivity contribution in [2.24, 2.45) is 0 Å². The largest absolute Gasteiger partial charge is 0.385 e. The number of anilines is 1. The van der Waals surface area contributed by atoms with Crippen LogP contribution in [0.2, 0.25) is 0 Å². The molecule has 1 saturated heterocycles. The van der Waals surface area contributed by atoms with Crippen LogP contribution >= 0.6 is 0 Å². The van der Waals surface area contributed by atoms with Crippen molar-refractivity contribution < 1.29 is 9.53 Å². The summed E-state index contributed by atoms with van der Waals surface area (Å²) < 4.78 is 4.98. The monoisotopic (exact) mass is 305 g/mol. The average Bonchev–Trinajstić information content (AvgIpc) is 2.59. The van der Waals surface area contributed by atoms with Gasteiger partial charge in [0.2, 0.25) is 0 Å². The van der Waals surface area contributed by atoms with Crippen LogP contribution in [0.15, 0.2) is 24.3 Å². The molecule has 0 aromatic heterocycles. The Hall–Kier alpha value is -1.75. The molecule has 122 valence electrons. The second-order valence-electron chi connectivity index (χ2n) is 5.57. The van der Waals surface area contributed by atoms with Gasteiger partial charge < -0.3 is 19.9 Å². The molecule has 1 aromatic carbocycles. The molecule has 1 aromatic rings. The lowest BCUT2D eigenvalue weighted by molar-refractivity contribution is 0.183. The maximum absolute atomic E-state index is 12.0. The van der Waals surface area contributed by atoms with Crippen molar-refractivity contribution in [1.29, 1.82) is 0 Å². The van der Waals surface area contributed by atoms with Gasteiger partial charge in [0, 0.05) is 52.1 Å². The highest BCUT2D eigenvalue weighted by Gasteiger charge is 2.20. The summed E-state index contributed by atoms with van der Waals surface area (Å²) in [5, 5.41) is 2.95. The van der Waals surface area contributed by atoms with Gasteiger partial charge in [-0.05, 0) is 30.5 Å². The van der Waals surface area contributed by atoms with E-state index >= 15 is 0 Å². The number of carbonyl (C=O) groups is 1. The number of ether oxygens (including phenoxy) is 1. The van der Waals surface area contributed by atoms with Crippen molar-refractivity contribution >= 4 is 11.7 Å². The van der Waals surface area contributed by atoms with Gasteiger partial charge in [-0.3, -0.25) is 0 Å². The van der Waals surface area contributed by atoms with Gasteiger partial charge in [-0.1, -0.05) is 19.1 Å². The predicted molar refractivity (Wildman–Crippen MR) is 89.5 cm³/mol. The van der Waals surface area contributed by atoms with E-state index in [1.165, 1.54) is 11.3 Å². The van der Waals surface area contributed by atoms with Gasteiger partial charge >= 0.3 is 6.03 Å². The molecular weight excluding hydrogens is 278 g/mol. The van der Waals surface area contributed by atoms with Crippen LogP contribution in [0.5, 0.6) is 0 Å². The van der Waals surface area contributed by atoms with Gasteiger partial charge in [-0.15, -0.1) is 0 Å². The number of nitrogens with one attached hydrogen (secondary N) is 1. The lowest BCUT2D eigenvalue weighted by atomic mass is 10.1. The zero-order valence-electron chi connectivity index (χ0n) is 13.7. The average molecular weight is 305 g/mol. The fourth-order valence-corrected chi connectivity index (χ4v) is 2.63. The third kappa shape index (κ3) is 4.63. The highest BCUT2D eigenvalue weighted by atomic mass is 16.5. The maximum atomic E-state index is 12.0. The lowest BCUT2D eigenvalue weighted by Gasteiger charge is -2.36. The number of nitrogens with zero attached hydrogens (tertiary/aromatic N) is 2. The molecule has 2 amide bonds. The number of urea groups is 1. The van der Waals surface area contributed by atoms with E-state index in [1.54, 1.807) is 7.11 Å². The number of methoxy groups -OCH3 is 1. The molecule has 1 aliphatic heterocycles. The van der Waals surface area contributed by atoms with Crippen LogP contribution in [0.4, 0.5) is 10.5 Å². The van der Waals surface area contributed by atoms with E-state index in [0.29, 0.717) is 13.2 Å².